The Bertz CT molecular complexity index is 506. The molecule has 0 aromatic carbocycles. The molecule has 0 fully saturated rings. The summed E-state index contributed by atoms with van der Waals surface area (Å²) in [6.45, 7) is 25.7. The van der Waals surface area contributed by atoms with Crippen LogP contribution in [0.2, 0.25) is 0 Å². The van der Waals surface area contributed by atoms with Gasteiger partial charge in [0.2, 0.25) is 0 Å². The van der Waals surface area contributed by atoms with Crippen LogP contribution in [0.15, 0.2) is 57.6 Å². The van der Waals surface area contributed by atoms with Crippen molar-refractivity contribution in [3.05, 3.63) is 57.6 Å². The van der Waals surface area contributed by atoms with Crippen molar-refractivity contribution in [2.75, 3.05) is 0 Å². The quantitative estimate of drug-likeness (QED) is 0.358. The molecular weight excluding hydrogens is 239 g/mol. The minimum Gasteiger partial charge on any atom is -0.110 e. The molecule has 0 N–H and O–H groups in total. The molecule has 1 heteroatoms. The van der Waals surface area contributed by atoms with Gasteiger partial charge in [0.15, 0.2) is 0 Å². The zero-order valence-corrected chi connectivity index (χ0v) is 15.0. The molecule has 0 aromatic rings. The first-order valence-electron chi connectivity index (χ1n) is 7.36. The fraction of sp³-hybridized carbons (Fsp3) is 0.474. The summed E-state index contributed by atoms with van der Waals surface area (Å²) >= 11 is 0. The van der Waals surface area contributed by atoms with Gasteiger partial charge in [-0.2, -0.15) is 0 Å². The second-order valence-electron chi connectivity index (χ2n) is 6.28. The van der Waals surface area contributed by atoms with E-state index in [1.807, 2.05) is 0 Å². The minimum absolute atomic E-state index is 0.386. The van der Waals surface area contributed by atoms with E-state index in [0.29, 0.717) is 5.92 Å². The summed E-state index contributed by atoms with van der Waals surface area (Å²) in [5.74, 6) is 0.386. The molecule has 110 valence electrons. The van der Waals surface area contributed by atoms with Gasteiger partial charge in [0.25, 0.3) is 0 Å². The molecule has 0 aromatic heterocycles. The van der Waals surface area contributed by atoms with E-state index in [0.717, 1.165) is 5.57 Å². The van der Waals surface area contributed by atoms with Crippen LogP contribution in [0.3, 0.4) is 0 Å². The van der Waals surface area contributed by atoms with Crippen molar-refractivity contribution in [3.8, 4) is 0 Å². The molecule has 20 heavy (non-hydrogen) atoms. The Morgan fingerprint density at radius 3 is 1.55 bits per heavy atom. The van der Waals surface area contributed by atoms with Crippen molar-refractivity contribution >= 4 is 7.85 Å². The molecule has 0 rings (SSSR count). The SMILES string of the molecule is B/C(C)=C(C)/C(C)=C(C)/C(C(=C)C)=C(/C)C(C)C(=C)C. The van der Waals surface area contributed by atoms with Crippen LogP contribution in [0, 0.1) is 5.92 Å². The van der Waals surface area contributed by atoms with E-state index >= 15 is 0 Å². The average Bonchev–Trinajstić information content (AvgIpc) is 2.34. The van der Waals surface area contributed by atoms with Crippen LogP contribution >= 0.6 is 0 Å². The number of rotatable bonds is 5. The maximum atomic E-state index is 4.19. The molecule has 0 spiro atoms. The van der Waals surface area contributed by atoms with Gasteiger partial charge in [-0.3, -0.25) is 0 Å². The lowest BCUT2D eigenvalue weighted by Crippen LogP contribution is -2.05. The molecule has 0 radical (unpaired) electrons. The standard InChI is InChI=1S/C19H31B/c1-11(2)13(5)16(8)19(12(3)4)17(9)14(6)15(7)18(10)20/h13H,1,3,20H2,2,4-10H3/b17-14+,18-15+,19-16-. The summed E-state index contributed by atoms with van der Waals surface area (Å²) in [4.78, 5) is 0. The predicted molar refractivity (Wildman–Crippen MR) is 96.8 cm³/mol. The Morgan fingerprint density at radius 1 is 0.800 bits per heavy atom. The molecule has 0 amide bonds. The van der Waals surface area contributed by atoms with Crippen LogP contribution in [0.4, 0.5) is 0 Å². The van der Waals surface area contributed by atoms with Crippen LogP contribution in [0.25, 0.3) is 0 Å². The highest BCUT2D eigenvalue weighted by molar-refractivity contribution is 6.21. The van der Waals surface area contributed by atoms with E-state index < -0.39 is 0 Å². The first-order chi connectivity index (χ1) is 9.02. The van der Waals surface area contributed by atoms with E-state index in [1.165, 1.54) is 38.9 Å². The van der Waals surface area contributed by atoms with E-state index in [4.69, 9.17) is 0 Å². The van der Waals surface area contributed by atoms with E-state index in [2.05, 4.69) is 76.4 Å². The van der Waals surface area contributed by atoms with Gasteiger partial charge in [0, 0.05) is 0 Å². The van der Waals surface area contributed by atoms with Crippen LogP contribution in [0.1, 0.15) is 55.4 Å². The van der Waals surface area contributed by atoms with Gasteiger partial charge in [-0.25, -0.2) is 0 Å². The molecule has 0 nitrogen and oxygen atoms in total. The van der Waals surface area contributed by atoms with Gasteiger partial charge in [-0.05, 0) is 64.2 Å². The second kappa shape index (κ2) is 7.52. The first-order valence-corrected chi connectivity index (χ1v) is 7.36. The van der Waals surface area contributed by atoms with Crippen molar-refractivity contribution in [1.82, 2.24) is 0 Å². The fourth-order valence-electron chi connectivity index (χ4n) is 2.38. The Balaban J connectivity index is 6.18. The summed E-state index contributed by atoms with van der Waals surface area (Å²) in [6, 6.07) is 0. The monoisotopic (exact) mass is 270 g/mol. The third-order valence-corrected chi connectivity index (χ3v) is 4.46. The van der Waals surface area contributed by atoms with Gasteiger partial charge < -0.3 is 0 Å². The van der Waals surface area contributed by atoms with Crippen LogP contribution in [-0.2, 0) is 0 Å². The molecule has 0 saturated carbocycles. The summed E-state index contributed by atoms with van der Waals surface area (Å²) in [7, 11) is 2.17. The van der Waals surface area contributed by atoms with Crippen molar-refractivity contribution in [1.29, 1.82) is 0 Å². The van der Waals surface area contributed by atoms with Crippen molar-refractivity contribution in [2.24, 2.45) is 5.92 Å². The molecular formula is C19H31B. The van der Waals surface area contributed by atoms with Gasteiger partial charge in [-0.15, -0.1) is 5.47 Å². The molecule has 0 bridgehead atoms. The lowest BCUT2D eigenvalue weighted by molar-refractivity contribution is 0.793. The maximum Gasteiger partial charge on any atom is 0.133 e. The second-order valence-corrected chi connectivity index (χ2v) is 6.28. The zero-order valence-electron chi connectivity index (χ0n) is 15.0. The van der Waals surface area contributed by atoms with Gasteiger partial charge in [0.05, 0.1) is 0 Å². The molecule has 0 aliphatic heterocycles. The van der Waals surface area contributed by atoms with Gasteiger partial charge in [0.1, 0.15) is 7.85 Å². The molecule has 0 heterocycles. The molecule has 1 unspecified atom stereocenters. The highest BCUT2D eigenvalue weighted by Crippen LogP contribution is 2.32. The Kier molecular flexibility index (Phi) is 7.06. The van der Waals surface area contributed by atoms with Crippen molar-refractivity contribution in [2.45, 2.75) is 55.4 Å². The molecule has 1 atom stereocenters. The Morgan fingerprint density at radius 2 is 1.25 bits per heavy atom. The van der Waals surface area contributed by atoms with Crippen LogP contribution < -0.4 is 0 Å². The third kappa shape index (κ3) is 4.40. The largest absolute Gasteiger partial charge is 0.133 e. The molecule has 0 saturated heterocycles. The van der Waals surface area contributed by atoms with E-state index in [1.54, 1.807) is 0 Å². The highest BCUT2D eigenvalue weighted by Gasteiger charge is 2.15. The minimum atomic E-state index is 0.386. The van der Waals surface area contributed by atoms with Crippen LogP contribution in [-0.4, -0.2) is 7.85 Å². The van der Waals surface area contributed by atoms with Crippen LogP contribution in [0.5, 0.6) is 0 Å². The summed E-state index contributed by atoms with van der Waals surface area (Å²) in [6.07, 6.45) is 0. The molecule has 0 aliphatic rings. The Labute approximate surface area is 127 Å². The van der Waals surface area contributed by atoms with Crippen molar-refractivity contribution in [3.63, 3.8) is 0 Å². The lowest BCUT2D eigenvalue weighted by Gasteiger charge is -2.21. The topological polar surface area (TPSA) is 0 Å². The third-order valence-electron chi connectivity index (χ3n) is 4.46. The fourth-order valence-corrected chi connectivity index (χ4v) is 2.38. The number of hydrogen-bond acceptors (Lipinski definition) is 0. The average molecular weight is 270 g/mol. The predicted octanol–water partition coefficient (Wildman–Crippen LogP) is 5.35. The maximum absolute atomic E-state index is 4.19. The first kappa shape index (κ1) is 18.8. The highest BCUT2D eigenvalue weighted by atomic mass is 14.2. The number of hydrogen-bond donors (Lipinski definition) is 0. The lowest BCUT2D eigenvalue weighted by atomic mass is 9.82. The summed E-state index contributed by atoms with van der Waals surface area (Å²) in [5, 5.41) is 0. The summed E-state index contributed by atoms with van der Waals surface area (Å²) < 4.78 is 0. The smallest absolute Gasteiger partial charge is 0.110 e. The van der Waals surface area contributed by atoms with E-state index in [9.17, 15) is 0 Å². The summed E-state index contributed by atoms with van der Waals surface area (Å²) in [5.41, 5.74) is 10.4. The molecule has 0 aliphatic carbocycles. The van der Waals surface area contributed by atoms with Gasteiger partial charge >= 0.3 is 0 Å². The normalized spacial score (nSPS) is 16.8. The van der Waals surface area contributed by atoms with E-state index in [-0.39, 0.29) is 0 Å². The zero-order chi connectivity index (χ0) is 16.2. The number of allylic oxidation sites excluding steroid dienone is 8. The Hall–Kier alpha value is -1.24. The van der Waals surface area contributed by atoms with Crippen molar-refractivity contribution < 1.29 is 0 Å². The van der Waals surface area contributed by atoms with Gasteiger partial charge in [-0.1, -0.05) is 49.3 Å².